The molecule has 1 aliphatic heterocycles. The molecule has 6 nitrogen and oxygen atoms in total. The lowest BCUT2D eigenvalue weighted by atomic mass is 10.0. The lowest BCUT2D eigenvalue weighted by molar-refractivity contribution is -0.112. The Balaban J connectivity index is 1.79. The molecule has 170 valence electrons. The highest BCUT2D eigenvalue weighted by molar-refractivity contribution is 6.06. The maximum absolute atomic E-state index is 12.8. The van der Waals surface area contributed by atoms with Crippen molar-refractivity contribution in [2.45, 2.75) is 39.9 Å². The van der Waals surface area contributed by atoms with E-state index in [1.807, 2.05) is 25.3 Å². The molecule has 2 N–H and O–H groups in total. The third-order valence-electron chi connectivity index (χ3n) is 5.36. The van der Waals surface area contributed by atoms with Crippen molar-refractivity contribution in [3.8, 4) is 0 Å². The topological polar surface area (TPSA) is 70.2 Å². The monoisotopic (exact) mass is 445 g/mol. The summed E-state index contributed by atoms with van der Waals surface area (Å²) in [6, 6.07) is 5.46. The summed E-state index contributed by atoms with van der Waals surface area (Å²) in [5.41, 5.74) is 3.64. The van der Waals surface area contributed by atoms with Crippen LogP contribution in [0, 0.1) is 6.92 Å². The molecule has 0 saturated carbocycles. The summed E-state index contributed by atoms with van der Waals surface area (Å²) in [4.78, 5) is 23.6. The van der Waals surface area contributed by atoms with Crippen molar-refractivity contribution in [2.75, 3.05) is 29.1 Å². The summed E-state index contributed by atoms with van der Waals surface area (Å²) in [7, 11) is 1.78. The number of fused-ring (bicyclic) bond motifs is 1. The van der Waals surface area contributed by atoms with Crippen LogP contribution in [0.25, 0.3) is 0 Å². The van der Waals surface area contributed by atoms with E-state index in [4.69, 9.17) is 0 Å². The zero-order valence-electron chi connectivity index (χ0n) is 18.5. The second kappa shape index (κ2) is 9.42. The minimum atomic E-state index is -4.48. The lowest BCUT2D eigenvalue weighted by Crippen LogP contribution is -2.32. The average Bonchev–Trinajstić information content (AvgIpc) is 2.77. The van der Waals surface area contributed by atoms with Crippen molar-refractivity contribution in [3.63, 3.8) is 0 Å². The van der Waals surface area contributed by atoms with E-state index < -0.39 is 17.7 Å². The Labute approximate surface area is 185 Å². The number of halogens is 3. The number of amides is 1. The van der Waals surface area contributed by atoms with Crippen molar-refractivity contribution >= 4 is 23.2 Å². The Morgan fingerprint density at radius 2 is 2.03 bits per heavy atom. The number of hydrogen-bond acceptors (Lipinski definition) is 5. The highest BCUT2D eigenvalue weighted by Crippen LogP contribution is 2.30. The van der Waals surface area contributed by atoms with E-state index in [1.54, 1.807) is 13.1 Å². The predicted molar refractivity (Wildman–Crippen MR) is 120 cm³/mol. The van der Waals surface area contributed by atoms with Gasteiger partial charge in [0.1, 0.15) is 0 Å². The van der Waals surface area contributed by atoms with E-state index in [0.717, 1.165) is 48.5 Å². The van der Waals surface area contributed by atoms with Crippen LogP contribution in [-0.2, 0) is 17.8 Å². The largest absolute Gasteiger partial charge is 0.412 e. The van der Waals surface area contributed by atoms with Crippen LogP contribution in [0.4, 0.5) is 30.5 Å². The van der Waals surface area contributed by atoms with Gasteiger partial charge in [0.2, 0.25) is 5.95 Å². The third-order valence-corrected chi connectivity index (χ3v) is 5.36. The van der Waals surface area contributed by atoms with Crippen molar-refractivity contribution in [1.29, 1.82) is 0 Å². The molecule has 32 heavy (non-hydrogen) atoms. The molecule has 1 aromatic carbocycles. The molecule has 0 unspecified atom stereocenters. The van der Waals surface area contributed by atoms with Gasteiger partial charge in [0.25, 0.3) is 5.91 Å². The molecule has 1 amide bonds. The number of rotatable bonds is 5. The van der Waals surface area contributed by atoms with Gasteiger partial charge in [-0.1, -0.05) is 12.1 Å². The van der Waals surface area contributed by atoms with E-state index in [-0.39, 0.29) is 5.57 Å². The molecule has 3 rings (SSSR count). The van der Waals surface area contributed by atoms with E-state index in [0.29, 0.717) is 18.2 Å². The number of benzene rings is 1. The molecule has 2 aromatic rings. The highest BCUT2D eigenvalue weighted by atomic mass is 19.4. The van der Waals surface area contributed by atoms with Gasteiger partial charge in [0.05, 0.1) is 5.69 Å². The second-order valence-corrected chi connectivity index (χ2v) is 7.61. The van der Waals surface area contributed by atoms with Gasteiger partial charge in [-0.3, -0.25) is 4.79 Å². The summed E-state index contributed by atoms with van der Waals surface area (Å²) in [5.74, 6) is -0.00410. The Morgan fingerprint density at radius 1 is 1.28 bits per heavy atom. The molecule has 2 heterocycles. The average molecular weight is 445 g/mol. The molecule has 0 radical (unpaired) electrons. The van der Waals surface area contributed by atoms with Gasteiger partial charge in [0.15, 0.2) is 0 Å². The second-order valence-electron chi connectivity index (χ2n) is 7.61. The predicted octanol–water partition coefficient (Wildman–Crippen LogP) is 4.78. The molecule has 0 fully saturated rings. The number of nitrogens with one attached hydrogen (secondary N) is 2. The SMILES string of the molecule is C/C=C(\C=C(/C)C(F)(F)F)C(=O)Nc1ccc(C)c(N2CCc3nc(NC)ncc3C2)c1. The first-order chi connectivity index (χ1) is 15.1. The number of anilines is 3. The Hall–Kier alpha value is -3.36. The maximum atomic E-state index is 12.8. The summed E-state index contributed by atoms with van der Waals surface area (Å²) in [6.07, 6.45) is 0.307. The molecule has 0 aliphatic carbocycles. The highest BCUT2D eigenvalue weighted by Gasteiger charge is 2.30. The van der Waals surface area contributed by atoms with Gasteiger partial charge in [-0.2, -0.15) is 13.2 Å². The number of carbonyl (C=O) groups is 1. The van der Waals surface area contributed by atoms with Gasteiger partial charge < -0.3 is 15.5 Å². The molecule has 1 aliphatic rings. The molecule has 1 aromatic heterocycles. The van der Waals surface area contributed by atoms with Crippen LogP contribution in [-0.4, -0.2) is 35.6 Å². The third kappa shape index (κ3) is 5.27. The van der Waals surface area contributed by atoms with Crippen LogP contribution in [0.5, 0.6) is 0 Å². The van der Waals surface area contributed by atoms with Gasteiger partial charge in [0, 0.05) is 60.8 Å². The summed E-state index contributed by atoms with van der Waals surface area (Å²) >= 11 is 0. The standard InChI is InChI=1S/C23H26F3N5O/c1-5-16(10-15(3)23(24,25)26)21(32)29-18-7-6-14(2)20(11-18)31-9-8-19-17(13-31)12-28-22(27-4)30-19/h5-7,10-12H,8-9,13H2,1-4H3,(H,29,32)(H,27,28,30)/b15-10+,16-5+. The zero-order valence-corrected chi connectivity index (χ0v) is 18.5. The van der Waals surface area contributed by atoms with E-state index >= 15 is 0 Å². The number of aromatic nitrogens is 2. The van der Waals surface area contributed by atoms with Crippen LogP contribution >= 0.6 is 0 Å². The molecule has 9 heteroatoms. The van der Waals surface area contributed by atoms with Crippen molar-refractivity contribution < 1.29 is 18.0 Å². The van der Waals surface area contributed by atoms with Crippen molar-refractivity contribution in [3.05, 3.63) is 64.5 Å². The normalized spacial score (nSPS) is 14.8. The molecular weight excluding hydrogens is 419 g/mol. The van der Waals surface area contributed by atoms with Gasteiger partial charge in [-0.15, -0.1) is 0 Å². The van der Waals surface area contributed by atoms with Crippen molar-refractivity contribution in [2.24, 2.45) is 0 Å². The zero-order chi connectivity index (χ0) is 23.5. The molecule has 0 atom stereocenters. The fraction of sp³-hybridized carbons (Fsp3) is 0.348. The molecular formula is C23H26F3N5O. The van der Waals surface area contributed by atoms with Gasteiger partial charge >= 0.3 is 6.18 Å². The van der Waals surface area contributed by atoms with E-state index in [2.05, 4.69) is 25.5 Å². The van der Waals surface area contributed by atoms with Crippen LogP contribution < -0.4 is 15.5 Å². The maximum Gasteiger partial charge on any atom is 0.412 e. The fourth-order valence-corrected chi connectivity index (χ4v) is 3.47. The summed E-state index contributed by atoms with van der Waals surface area (Å²) < 4.78 is 38.5. The molecule has 0 saturated heterocycles. The van der Waals surface area contributed by atoms with E-state index in [9.17, 15) is 18.0 Å². The number of nitrogens with zero attached hydrogens (tertiary/aromatic N) is 3. The van der Waals surface area contributed by atoms with Gasteiger partial charge in [-0.25, -0.2) is 9.97 Å². The fourth-order valence-electron chi connectivity index (χ4n) is 3.47. The molecule has 0 bridgehead atoms. The number of allylic oxidation sites excluding steroid dienone is 2. The first-order valence-corrected chi connectivity index (χ1v) is 10.2. The van der Waals surface area contributed by atoms with Crippen LogP contribution in [0.1, 0.15) is 30.7 Å². The van der Waals surface area contributed by atoms with Crippen molar-refractivity contribution in [1.82, 2.24) is 9.97 Å². The molecule has 0 spiro atoms. The summed E-state index contributed by atoms with van der Waals surface area (Å²) in [6.45, 7) is 5.83. The Kier molecular flexibility index (Phi) is 6.86. The minimum absolute atomic E-state index is 0.0497. The summed E-state index contributed by atoms with van der Waals surface area (Å²) in [5, 5.41) is 5.65. The first kappa shape index (κ1) is 23.3. The number of aryl methyl sites for hydroxylation is 1. The van der Waals surface area contributed by atoms with Crippen LogP contribution in [0.3, 0.4) is 0 Å². The Bertz CT molecular complexity index is 1080. The number of carbonyl (C=O) groups excluding carboxylic acids is 1. The number of hydrogen-bond donors (Lipinski definition) is 2. The minimum Gasteiger partial charge on any atom is -0.366 e. The Morgan fingerprint density at radius 3 is 2.69 bits per heavy atom. The number of alkyl halides is 3. The van der Waals surface area contributed by atoms with Crippen LogP contribution in [0.15, 0.2) is 47.7 Å². The lowest BCUT2D eigenvalue weighted by Gasteiger charge is -2.31. The quantitative estimate of drug-likeness (QED) is 0.512. The van der Waals surface area contributed by atoms with Crippen LogP contribution in [0.2, 0.25) is 0 Å². The first-order valence-electron chi connectivity index (χ1n) is 10.2. The van der Waals surface area contributed by atoms with Gasteiger partial charge in [-0.05, 0) is 44.5 Å². The van der Waals surface area contributed by atoms with E-state index in [1.165, 1.54) is 13.0 Å². The smallest absolute Gasteiger partial charge is 0.366 e.